The number of carbonyl (C=O) groups excluding carboxylic acids is 2. The first-order valence-corrected chi connectivity index (χ1v) is 9.16. The minimum atomic E-state index is -0.0829. The molecule has 1 saturated carbocycles. The van der Waals surface area contributed by atoms with Crippen LogP contribution in [0, 0.1) is 11.8 Å². The molecule has 1 aliphatic rings. The van der Waals surface area contributed by atoms with E-state index in [1.807, 2.05) is 4.90 Å². The maximum Gasteiger partial charge on any atom is 0.260 e. The van der Waals surface area contributed by atoms with Gasteiger partial charge in [0.1, 0.15) is 5.75 Å². The van der Waals surface area contributed by atoms with Gasteiger partial charge in [0.2, 0.25) is 0 Å². The second kappa shape index (κ2) is 8.88. The van der Waals surface area contributed by atoms with Gasteiger partial charge in [-0.05, 0) is 42.9 Å². The number of nitrogens with one attached hydrogen (secondary N) is 1. The van der Waals surface area contributed by atoms with E-state index in [4.69, 9.17) is 4.74 Å². The molecule has 25 heavy (non-hydrogen) atoms. The maximum atomic E-state index is 12.5. The van der Waals surface area contributed by atoms with Gasteiger partial charge < -0.3 is 15.0 Å². The molecule has 0 saturated heterocycles. The number of benzene rings is 1. The Morgan fingerprint density at radius 1 is 1.16 bits per heavy atom. The molecule has 2 rings (SSSR count). The Morgan fingerprint density at radius 3 is 2.36 bits per heavy atom. The van der Waals surface area contributed by atoms with E-state index in [9.17, 15) is 9.59 Å². The second-order valence-electron chi connectivity index (χ2n) is 7.65. The van der Waals surface area contributed by atoms with Crippen LogP contribution in [0.15, 0.2) is 24.3 Å². The number of nitrogens with zero attached hydrogens (tertiary/aromatic N) is 1. The van der Waals surface area contributed by atoms with Crippen LogP contribution >= 0.6 is 0 Å². The molecule has 0 bridgehead atoms. The van der Waals surface area contributed by atoms with E-state index in [-0.39, 0.29) is 18.4 Å². The van der Waals surface area contributed by atoms with Crippen LogP contribution in [0.1, 0.15) is 50.9 Å². The van der Waals surface area contributed by atoms with Crippen molar-refractivity contribution in [1.29, 1.82) is 0 Å². The molecule has 1 aromatic rings. The minimum absolute atomic E-state index is 0.00681. The highest BCUT2D eigenvalue weighted by Gasteiger charge is 2.24. The molecule has 138 valence electrons. The molecular formula is C20H30N2O3. The Bertz CT molecular complexity index is 584. The normalized spacial score (nSPS) is 13.8. The largest absolute Gasteiger partial charge is 0.484 e. The zero-order chi connectivity index (χ0) is 18.4. The van der Waals surface area contributed by atoms with Gasteiger partial charge in [0.05, 0.1) is 0 Å². The molecule has 0 heterocycles. The molecule has 0 spiro atoms. The van der Waals surface area contributed by atoms with Crippen LogP contribution in [0.4, 0.5) is 0 Å². The summed E-state index contributed by atoms with van der Waals surface area (Å²) in [5, 5.41) is 2.95. The van der Waals surface area contributed by atoms with Crippen LogP contribution in [-0.2, 0) is 4.79 Å². The summed E-state index contributed by atoms with van der Waals surface area (Å²) in [6.45, 7) is 9.85. The lowest BCUT2D eigenvalue weighted by molar-refractivity contribution is -0.134. The Hall–Kier alpha value is -2.04. The van der Waals surface area contributed by atoms with Crippen molar-refractivity contribution in [2.24, 2.45) is 11.8 Å². The highest BCUT2D eigenvalue weighted by atomic mass is 16.5. The summed E-state index contributed by atoms with van der Waals surface area (Å²) in [7, 11) is 0. The fourth-order valence-corrected chi connectivity index (χ4v) is 2.62. The molecule has 1 aromatic carbocycles. The summed E-state index contributed by atoms with van der Waals surface area (Å²) in [4.78, 5) is 26.4. The van der Waals surface area contributed by atoms with Crippen molar-refractivity contribution in [3.63, 3.8) is 0 Å². The standard InChI is InChI=1S/C20H30N2O3/c1-14(2)11-22(12-15(3)4)19(23)13-25-18-7-5-6-16(10-18)20(24)21-17-8-9-17/h5-7,10,14-15,17H,8-9,11-13H2,1-4H3,(H,21,24). The third-order valence-electron chi connectivity index (χ3n) is 3.89. The zero-order valence-corrected chi connectivity index (χ0v) is 15.7. The van der Waals surface area contributed by atoms with Gasteiger partial charge in [-0.3, -0.25) is 9.59 Å². The molecule has 0 atom stereocenters. The van der Waals surface area contributed by atoms with Crippen molar-refractivity contribution < 1.29 is 14.3 Å². The number of amides is 2. The van der Waals surface area contributed by atoms with E-state index >= 15 is 0 Å². The lowest BCUT2D eigenvalue weighted by Gasteiger charge is -2.26. The van der Waals surface area contributed by atoms with Crippen LogP contribution in [0.3, 0.4) is 0 Å². The van der Waals surface area contributed by atoms with Crippen molar-refractivity contribution in [3.8, 4) is 5.75 Å². The molecule has 5 heteroatoms. The number of rotatable bonds is 9. The maximum absolute atomic E-state index is 12.5. The van der Waals surface area contributed by atoms with Gasteiger partial charge in [-0.1, -0.05) is 33.8 Å². The van der Waals surface area contributed by atoms with Crippen LogP contribution in [-0.4, -0.2) is 42.5 Å². The Kier molecular flexibility index (Phi) is 6.85. The molecule has 0 radical (unpaired) electrons. The van der Waals surface area contributed by atoms with Crippen LogP contribution < -0.4 is 10.1 Å². The molecule has 0 aliphatic heterocycles. The molecule has 1 aliphatic carbocycles. The van der Waals surface area contributed by atoms with Crippen molar-refractivity contribution in [2.75, 3.05) is 19.7 Å². The first-order valence-electron chi connectivity index (χ1n) is 9.16. The first kappa shape index (κ1) is 19.3. The predicted octanol–water partition coefficient (Wildman–Crippen LogP) is 3.10. The SMILES string of the molecule is CC(C)CN(CC(C)C)C(=O)COc1cccc(C(=O)NC2CC2)c1. The van der Waals surface area contributed by atoms with Gasteiger partial charge in [-0.25, -0.2) is 0 Å². The smallest absolute Gasteiger partial charge is 0.260 e. The fraction of sp³-hybridized carbons (Fsp3) is 0.600. The summed E-state index contributed by atoms with van der Waals surface area (Å²) in [6.07, 6.45) is 2.11. The average Bonchev–Trinajstić information content (AvgIpc) is 3.35. The number of carbonyl (C=O) groups is 2. The van der Waals surface area contributed by atoms with Gasteiger partial charge >= 0.3 is 0 Å². The molecule has 0 aromatic heterocycles. The van der Waals surface area contributed by atoms with E-state index in [2.05, 4.69) is 33.0 Å². The monoisotopic (exact) mass is 346 g/mol. The fourth-order valence-electron chi connectivity index (χ4n) is 2.62. The van der Waals surface area contributed by atoms with Gasteiger partial charge in [0.15, 0.2) is 6.61 Å². The second-order valence-corrected chi connectivity index (χ2v) is 7.65. The molecule has 1 fully saturated rings. The van der Waals surface area contributed by atoms with Crippen LogP contribution in [0.2, 0.25) is 0 Å². The third kappa shape index (κ3) is 6.77. The number of ether oxygens (including phenoxy) is 1. The molecular weight excluding hydrogens is 316 g/mol. The Labute approximate surface area is 150 Å². The quantitative estimate of drug-likeness (QED) is 0.747. The summed E-state index contributed by atoms with van der Waals surface area (Å²) in [5.41, 5.74) is 0.568. The van der Waals surface area contributed by atoms with Gasteiger partial charge in [-0.2, -0.15) is 0 Å². The van der Waals surface area contributed by atoms with E-state index in [0.29, 0.717) is 29.2 Å². The van der Waals surface area contributed by atoms with Gasteiger partial charge in [0, 0.05) is 24.7 Å². The van der Waals surface area contributed by atoms with Crippen molar-refractivity contribution in [3.05, 3.63) is 29.8 Å². The Morgan fingerprint density at radius 2 is 1.80 bits per heavy atom. The lowest BCUT2D eigenvalue weighted by Crippen LogP contribution is -2.39. The van der Waals surface area contributed by atoms with Crippen molar-refractivity contribution in [2.45, 2.75) is 46.6 Å². The van der Waals surface area contributed by atoms with Crippen LogP contribution in [0.25, 0.3) is 0 Å². The summed E-state index contributed by atoms with van der Waals surface area (Å²) >= 11 is 0. The summed E-state index contributed by atoms with van der Waals surface area (Å²) in [6, 6.07) is 7.33. The number of hydrogen-bond acceptors (Lipinski definition) is 3. The van der Waals surface area contributed by atoms with E-state index in [0.717, 1.165) is 25.9 Å². The Balaban J connectivity index is 1.91. The van der Waals surface area contributed by atoms with Crippen molar-refractivity contribution >= 4 is 11.8 Å². The van der Waals surface area contributed by atoms with Gasteiger partial charge in [-0.15, -0.1) is 0 Å². The van der Waals surface area contributed by atoms with E-state index in [1.54, 1.807) is 24.3 Å². The topological polar surface area (TPSA) is 58.6 Å². The molecule has 0 unspecified atom stereocenters. The molecule has 5 nitrogen and oxygen atoms in total. The molecule has 2 amide bonds. The van der Waals surface area contributed by atoms with Crippen LogP contribution in [0.5, 0.6) is 5.75 Å². The summed E-state index contributed by atoms with van der Waals surface area (Å²) in [5.74, 6) is 1.27. The highest BCUT2D eigenvalue weighted by molar-refractivity contribution is 5.95. The van der Waals surface area contributed by atoms with Crippen molar-refractivity contribution in [1.82, 2.24) is 10.2 Å². The average molecular weight is 346 g/mol. The number of hydrogen-bond donors (Lipinski definition) is 1. The highest BCUT2D eigenvalue weighted by Crippen LogP contribution is 2.20. The first-order chi connectivity index (χ1) is 11.8. The lowest BCUT2D eigenvalue weighted by atomic mass is 10.1. The summed E-state index contributed by atoms with van der Waals surface area (Å²) < 4.78 is 5.65. The van der Waals surface area contributed by atoms with E-state index in [1.165, 1.54) is 0 Å². The predicted molar refractivity (Wildman–Crippen MR) is 98.7 cm³/mol. The zero-order valence-electron chi connectivity index (χ0n) is 15.7. The third-order valence-corrected chi connectivity index (χ3v) is 3.89. The van der Waals surface area contributed by atoms with E-state index < -0.39 is 0 Å². The molecule has 1 N–H and O–H groups in total. The van der Waals surface area contributed by atoms with Gasteiger partial charge in [0.25, 0.3) is 11.8 Å². The minimum Gasteiger partial charge on any atom is -0.484 e.